The van der Waals surface area contributed by atoms with E-state index in [-0.39, 0.29) is 0 Å². The summed E-state index contributed by atoms with van der Waals surface area (Å²) in [7, 11) is 0. The lowest BCUT2D eigenvalue weighted by molar-refractivity contribution is 0.672. The standard InChI is InChI=1S/C56H30N4O2/c1-57-51-47(33-17-5-3-6-18-33)53(59-41-25-13-9-23-39(41)49-43(59)31-29-37-35-21-11-15-27-45(35)61-55(37)49)54(48(52(51)58-2)34-19-7-4-8-20-34)60-42-26-14-10-24-40(42)50-44(60)32-30-38-36-22-12-16-28-46(36)62-56(38)50/h3-32H. The fraction of sp³-hybridized carbons (Fsp3) is 0. The number of fused-ring (bicyclic) bond motifs is 14. The summed E-state index contributed by atoms with van der Waals surface area (Å²) in [5.41, 5.74) is 12.1. The third-order valence-corrected chi connectivity index (χ3v) is 12.6. The molecule has 6 heteroatoms. The summed E-state index contributed by atoms with van der Waals surface area (Å²) in [6, 6.07) is 62.0. The van der Waals surface area contributed by atoms with Crippen molar-refractivity contribution in [2.24, 2.45) is 0 Å². The average molecular weight is 791 g/mol. The lowest BCUT2D eigenvalue weighted by Gasteiger charge is -2.26. The van der Waals surface area contributed by atoms with Gasteiger partial charge in [0.05, 0.1) is 57.4 Å². The first-order valence-corrected chi connectivity index (χ1v) is 20.5. The maximum Gasteiger partial charge on any atom is 0.205 e. The number of para-hydroxylation sites is 4. The van der Waals surface area contributed by atoms with Gasteiger partial charge >= 0.3 is 0 Å². The Balaban J connectivity index is 1.33. The molecule has 9 aromatic carbocycles. The van der Waals surface area contributed by atoms with Crippen LogP contribution in [-0.4, -0.2) is 9.13 Å². The third kappa shape index (κ3) is 4.50. The predicted octanol–water partition coefficient (Wildman–Crippen LogP) is 16.1. The van der Waals surface area contributed by atoms with Crippen molar-refractivity contribution < 1.29 is 8.83 Å². The van der Waals surface area contributed by atoms with Gasteiger partial charge in [-0.05, 0) is 59.7 Å². The fourth-order valence-corrected chi connectivity index (χ4v) is 10.1. The molecule has 0 radical (unpaired) electrons. The summed E-state index contributed by atoms with van der Waals surface area (Å²) in [6.45, 7) is 17.9. The molecule has 0 amide bonds. The van der Waals surface area contributed by atoms with E-state index in [1.807, 2.05) is 97.1 Å². The van der Waals surface area contributed by atoms with E-state index < -0.39 is 0 Å². The van der Waals surface area contributed by atoms with E-state index in [2.05, 4.69) is 104 Å². The topological polar surface area (TPSA) is 44.9 Å². The van der Waals surface area contributed by atoms with Gasteiger partial charge in [0.15, 0.2) is 0 Å². The molecule has 13 rings (SSSR count). The molecule has 0 aliphatic carbocycles. The van der Waals surface area contributed by atoms with Crippen molar-refractivity contribution in [3.63, 3.8) is 0 Å². The van der Waals surface area contributed by atoms with Crippen LogP contribution in [0.25, 0.3) is 131 Å². The Morgan fingerprint density at radius 3 is 1.13 bits per heavy atom. The van der Waals surface area contributed by atoms with Gasteiger partial charge in [-0.2, -0.15) is 0 Å². The minimum absolute atomic E-state index is 0.292. The number of furan rings is 2. The molecule has 13 aromatic rings. The largest absolute Gasteiger partial charge is 0.455 e. The van der Waals surface area contributed by atoms with Crippen molar-refractivity contribution in [2.75, 3.05) is 0 Å². The van der Waals surface area contributed by atoms with Gasteiger partial charge in [-0.1, -0.05) is 133 Å². The van der Waals surface area contributed by atoms with Crippen LogP contribution in [0.1, 0.15) is 0 Å². The molecule has 0 saturated heterocycles. The number of nitrogens with zero attached hydrogens (tertiary/aromatic N) is 4. The number of hydrogen-bond donors (Lipinski definition) is 0. The molecular weight excluding hydrogens is 761 g/mol. The SMILES string of the molecule is [C-]#[N+]c1c([N+]#[C-])c(-c2ccccc2)c(-n2c3ccccc3c3c4oc5ccccc5c4ccc32)c(-n2c3ccccc3c3c4oc5ccccc5c4ccc32)c1-c1ccccc1. The summed E-state index contributed by atoms with van der Waals surface area (Å²) in [4.78, 5) is 8.61. The highest BCUT2D eigenvalue weighted by Crippen LogP contribution is 2.56. The lowest BCUT2D eigenvalue weighted by atomic mass is 9.91. The summed E-state index contributed by atoms with van der Waals surface area (Å²) >= 11 is 0. The number of hydrogen-bond acceptors (Lipinski definition) is 2. The van der Waals surface area contributed by atoms with E-state index in [9.17, 15) is 0 Å². The highest BCUT2D eigenvalue weighted by Gasteiger charge is 2.32. The molecule has 0 aliphatic rings. The normalized spacial score (nSPS) is 11.8. The fourth-order valence-electron chi connectivity index (χ4n) is 10.1. The second kappa shape index (κ2) is 12.8. The molecule has 0 spiro atoms. The minimum Gasteiger partial charge on any atom is -0.455 e. The van der Waals surface area contributed by atoms with E-state index in [1.165, 1.54) is 0 Å². The Morgan fingerprint density at radius 1 is 0.339 bits per heavy atom. The second-order valence-corrected chi connectivity index (χ2v) is 15.7. The monoisotopic (exact) mass is 790 g/mol. The molecule has 0 aliphatic heterocycles. The molecule has 0 fully saturated rings. The maximum atomic E-state index is 8.94. The van der Waals surface area contributed by atoms with Gasteiger partial charge in [-0.25, -0.2) is 9.69 Å². The zero-order chi connectivity index (χ0) is 41.1. The van der Waals surface area contributed by atoms with Crippen LogP contribution in [0.2, 0.25) is 0 Å². The maximum absolute atomic E-state index is 8.94. The molecule has 0 atom stereocenters. The summed E-state index contributed by atoms with van der Waals surface area (Å²) in [5.74, 6) is 0. The Morgan fingerprint density at radius 2 is 0.710 bits per heavy atom. The molecule has 4 heterocycles. The number of aromatic nitrogens is 2. The Labute approximate surface area is 353 Å². The molecule has 4 aromatic heterocycles. The van der Waals surface area contributed by atoms with Crippen LogP contribution in [0.15, 0.2) is 191 Å². The molecule has 0 bridgehead atoms. The predicted molar refractivity (Wildman–Crippen MR) is 253 cm³/mol. The Hall–Kier alpha value is -8.84. The third-order valence-electron chi connectivity index (χ3n) is 12.6. The molecule has 0 N–H and O–H groups in total. The van der Waals surface area contributed by atoms with Gasteiger partial charge in [0, 0.05) is 43.4 Å². The van der Waals surface area contributed by atoms with Crippen LogP contribution in [0, 0.1) is 13.1 Å². The minimum atomic E-state index is 0.292. The van der Waals surface area contributed by atoms with Crippen LogP contribution in [0.3, 0.4) is 0 Å². The van der Waals surface area contributed by atoms with Gasteiger partial charge < -0.3 is 18.0 Å². The number of rotatable bonds is 4. The molecule has 0 unspecified atom stereocenters. The quantitative estimate of drug-likeness (QED) is 0.167. The van der Waals surface area contributed by atoms with E-state index in [0.29, 0.717) is 22.5 Å². The van der Waals surface area contributed by atoms with E-state index in [4.69, 9.17) is 22.0 Å². The second-order valence-electron chi connectivity index (χ2n) is 15.7. The van der Waals surface area contributed by atoms with Crippen molar-refractivity contribution in [1.82, 2.24) is 9.13 Å². The number of benzene rings is 9. The van der Waals surface area contributed by atoms with Gasteiger partial charge in [-0.15, -0.1) is 0 Å². The molecule has 62 heavy (non-hydrogen) atoms. The van der Waals surface area contributed by atoms with Gasteiger partial charge in [-0.3, -0.25) is 0 Å². The van der Waals surface area contributed by atoms with Crippen LogP contribution in [0.5, 0.6) is 0 Å². The smallest absolute Gasteiger partial charge is 0.205 e. The highest BCUT2D eigenvalue weighted by molar-refractivity contribution is 6.27. The van der Waals surface area contributed by atoms with E-state index in [1.54, 1.807) is 0 Å². The van der Waals surface area contributed by atoms with Crippen LogP contribution < -0.4 is 0 Å². The van der Waals surface area contributed by atoms with Gasteiger partial charge in [0.2, 0.25) is 11.4 Å². The van der Waals surface area contributed by atoms with Crippen molar-refractivity contribution in [3.8, 4) is 33.6 Å². The molecule has 0 saturated carbocycles. The average Bonchev–Trinajstić information content (AvgIpc) is 4.09. The van der Waals surface area contributed by atoms with E-state index in [0.717, 1.165) is 110 Å². The highest BCUT2D eigenvalue weighted by atomic mass is 16.3. The van der Waals surface area contributed by atoms with Crippen molar-refractivity contribution in [1.29, 1.82) is 0 Å². The Bertz CT molecular complexity index is 3850. The zero-order valence-corrected chi connectivity index (χ0v) is 32.9. The molecule has 286 valence electrons. The summed E-state index contributed by atoms with van der Waals surface area (Å²) in [6.07, 6.45) is 0. The molecule has 6 nitrogen and oxygen atoms in total. The lowest BCUT2D eigenvalue weighted by Crippen LogP contribution is -2.08. The van der Waals surface area contributed by atoms with Gasteiger partial charge in [0.25, 0.3) is 0 Å². The van der Waals surface area contributed by atoms with Crippen LogP contribution in [0.4, 0.5) is 11.4 Å². The van der Waals surface area contributed by atoms with Gasteiger partial charge in [0.1, 0.15) is 22.3 Å². The first-order valence-electron chi connectivity index (χ1n) is 20.5. The van der Waals surface area contributed by atoms with E-state index >= 15 is 0 Å². The first kappa shape index (κ1) is 34.1. The van der Waals surface area contributed by atoms with Crippen molar-refractivity contribution >= 4 is 98.9 Å². The first-order chi connectivity index (χ1) is 30.7. The summed E-state index contributed by atoms with van der Waals surface area (Å²) in [5, 5.41) is 8.16. The zero-order valence-electron chi connectivity index (χ0n) is 32.9. The van der Waals surface area contributed by atoms with Crippen molar-refractivity contribution in [2.45, 2.75) is 0 Å². The molecular formula is C56H30N4O2. The summed E-state index contributed by atoms with van der Waals surface area (Å²) < 4.78 is 18.2. The van der Waals surface area contributed by atoms with Crippen LogP contribution in [-0.2, 0) is 0 Å². The van der Waals surface area contributed by atoms with Crippen molar-refractivity contribution in [3.05, 3.63) is 205 Å². The Kier molecular flexibility index (Phi) is 7.05. The van der Waals surface area contributed by atoms with Crippen LogP contribution >= 0.6 is 0 Å².